The third-order valence-electron chi connectivity index (χ3n) is 3.59. The van der Waals surface area contributed by atoms with Crippen LogP contribution in [0.2, 0.25) is 0 Å². The van der Waals surface area contributed by atoms with Gasteiger partial charge < -0.3 is 10.1 Å². The van der Waals surface area contributed by atoms with Crippen LogP contribution in [-0.4, -0.2) is 33.9 Å². The number of rotatable bonds is 4. The summed E-state index contributed by atoms with van der Waals surface area (Å²) in [4.78, 5) is 11.6. The Kier molecular flexibility index (Phi) is 4.84. The second kappa shape index (κ2) is 6.44. The van der Waals surface area contributed by atoms with E-state index in [9.17, 15) is 13.2 Å². The molecule has 1 amide bonds. The number of anilines is 1. The monoisotopic (exact) mass is 312 g/mol. The van der Waals surface area contributed by atoms with Crippen molar-refractivity contribution in [1.82, 2.24) is 5.32 Å². The van der Waals surface area contributed by atoms with Crippen molar-refractivity contribution in [2.45, 2.75) is 30.7 Å². The summed E-state index contributed by atoms with van der Waals surface area (Å²) in [6, 6.07) is 4.85. The third-order valence-corrected chi connectivity index (χ3v) is 5.39. The zero-order chi connectivity index (χ0) is 15.5. The maximum atomic E-state index is 12.2. The highest BCUT2D eigenvalue weighted by atomic mass is 32.2. The summed E-state index contributed by atoms with van der Waals surface area (Å²) in [7, 11) is -2.02. The minimum atomic E-state index is -3.30. The Hall–Kier alpha value is -1.60. The van der Waals surface area contributed by atoms with E-state index in [1.54, 1.807) is 25.1 Å². The number of ether oxygens (including phenoxy) is 1. The highest BCUT2D eigenvalue weighted by Crippen LogP contribution is 2.31. The van der Waals surface area contributed by atoms with Gasteiger partial charge in [0.1, 0.15) is 0 Å². The number of hydrogen-bond acceptors (Lipinski definition) is 5. The fraction of sp³-hybridized carbons (Fsp3) is 0.500. The average Bonchev–Trinajstić information content (AvgIpc) is 3.01. The Bertz CT molecular complexity index is 622. The highest BCUT2D eigenvalue weighted by molar-refractivity contribution is 7.91. The molecule has 1 saturated heterocycles. The molecule has 0 aromatic heterocycles. The zero-order valence-electron chi connectivity index (χ0n) is 12.2. The summed E-state index contributed by atoms with van der Waals surface area (Å²) in [6.07, 6.45) is 1.31. The van der Waals surface area contributed by atoms with Crippen LogP contribution in [0.5, 0.6) is 0 Å². The predicted octanol–water partition coefficient (Wildman–Crippen LogP) is 2.08. The summed E-state index contributed by atoms with van der Waals surface area (Å²) in [5.41, 5.74) is 1.24. The van der Waals surface area contributed by atoms with E-state index in [4.69, 9.17) is 0 Å². The molecule has 1 aromatic rings. The number of carbonyl (C=O) groups is 1. The van der Waals surface area contributed by atoms with Crippen LogP contribution in [0.4, 0.5) is 10.5 Å². The molecule has 21 heavy (non-hydrogen) atoms. The zero-order valence-corrected chi connectivity index (χ0v) is 13.0. The standard InChI is InChI=1S/C14H20N2O4S/c1-3-21(18,19)13-7-6-10(16-14(17)20-2)9-11(13)12-5-4-8-15-12/h6-7,9,12,15H,3-5,8H2,1-2H3,(H,16,17)/t12-/m1/s1. The smallest absolute Gasteiger partial charge is 0.411 e. The summed E-state index contributed by atoms with van der Waals surface area (Å²) < 4.78 is 29.0. The number of benzene rings is 1. The average molecular weight is 312 g/mol. The van der Waals surface area contributed by atoms with Gasteiger partial charge in [-0.1, -0.05) is 6.92 Å². The molecule has 0 unspecified atom stereocenters. The molecule has 0 spiro atoms. The van der Waals surface area contributed by atoms with E-state index in [-0.39, 0.29) is 11.8 Å². The molecule has 1 heterocycles. The van der Waals surface area contributed by atoms with E-state index < -0.39 is 15.9 Å². The summed E-state index contributed by atoms with van der Waals surface area (Å²) >= 11 is 0. The van der Waals surface area contributed by atoms with Crippen LogP contribution < -0.4 is 10.6 Å². The van der Waals surface area contributed by atoms with Gasteiger partial charge in [0.15, 0.2) is 9.84 Å². The lowest BCUT2D eigenvalue weighted by Crippen LogP contribution is -2.18. The van der Waals surface area contributed by atoms with Crippen LogP contribution >= 0.6 is 0 Å². The molecule has 0 aliphatic carbocycles. The molecular weight excluding hydrogens is 292 g/mol. The van der Waals surface area contributed by atoms with Gasteiger partial charge in [-0.15, -0.1) is 0 Å². The van der Waals surface area contributed by atoms with E-state index in [1.165, 1.54) is 7.11 Å². The highest BCUT2D eigenvalue weighted by Gasteiger charge is 2.25. The molecule has 1 aromatic carbocycles. The van der Waals surface area contributed by atoms with Gasteiger partial charge in [-0.25, -0.2) is 13.2 Å². The van der Waals surface area contributed by atoms with Crippen molar-refractivity contribution < 1.29 is 17.9 Å². The van der Waals surface area contributed by atoms with Crippen molar-refractivity contribution in [3.63, 3.8) is 0 Å². The first-order valence-electron chi connectivity index (χ1n) is 6.93. The van der Waals surface area contributed by atoms with Gasteiger partial charge in [-0.05, 0) is 43.1 Å². The third kappa shape index (κ3) is 3.54. The first-order valence-corrected chi connectivity index (χ1v) is 8.58. The molecule has 0 bridgehead atoms. The van der Waals surface area contributed by atoms with E-state index >= 15 is 0 Å². The first kappa shape index (κ1) is 15.8. The van der Waals surface area contributed by atoms with Crippen LogP contribution in [-0.2, 0) is 14.6 Å². The molecular formula is C14H20N2O4S. The second-order valence-electron chi connectivity index (χ2n) is 4.92. The largest absolute Gasteiger partial charge is 0.453 e. The van der Waals surface area contributed by atoms with Crippen LogP contribution in [0.3, 0.4) is 0 Å². The Morgan fingerprint density at radius 3 is 2.81 bits per heavy atom. The molecule has 1 aliphatic heterocycles. The van der Waals surface area contributed by atoms with Crippen molar-refractivity contribution in [2.24, 2.45) is 0 Å². The summed E-state index contributed by atoms with van der Waals surface area (Å²) in [5, 5.41) is 5.86. The Labute approximate surface area is 124 Å². The SMILES string of the molecule is CCS(=O)(=O)c1ccc(NC(=O)OC)cc1[C@H]1CCCN1. The molecule has 0 radical (unpaired) electrons. The lowest BCUT2D eigenvalue weighted by Gasteiger charge is -2.17. The molecule has 2 rings (SSSR count). The van der Waals surface area contributed by atoms with Gasteiger partial charge in [0, 0.05) is 11.7 Å². The predicted molar refractivity (Wildman–Crippen MR) is 80.2 cm³/mol. The van der Waals surface area contributed by atoms with Crippen LogP contribution in [0.15, 0.2) is 23.1 Å². The minimum Gasteiger partial charge on any atom is -0.453 e. The number of carbonyl (C=O) groups excluding carboxylic acids is 1. The molecule has 1 atom stereocenters. The fourth-order valence-electron chi connectivity index (χ4n) is 2.46. The van der Waals surface area contributed by atoms with E-state index in [0.29, 0.717) is 16.1 Å². The minimum absolute atomic E-state index is 0.000668. The number of sulfone groups is 1. The topological polar surface area (TPSA) is 84.5 Å². The molecule has 116 valence electrons. The van der Waals surface area contributed by atoms with Crippen molar-refractivity contribution in [3.05, 3.63) is 23.8 Å². The lowest BCUT2D eigenvalue weighted by atomic mass is 10.0. The molecule has 6 nitrogen and oxygen atoms in total. The van der Waals surface area contributed by atoms with Gasteiger partial charge in [-0.2, -0.15) is 0 Å². The van der Waals surface area contributed by atoms with E-state index in [1.807, 2.05) is 0 Å². The van der Waals surface area contributed by atoms with Crippen molar-refractivity contribution in [3.8, 4) is 0 Å². The van der Waals surface area contributed by atoms with Crippen molar-refractivity contribution >= 4 is 21.6 Å². The Morgan fingerprint density at radius 1 is 1.48 bits per heavy atom. The summed E-state index contributed by atoms with van der Waals surface area (Å²) in [6.45, 7) is 2.49. The second-order valence-corrected chi connectivity index (χ2v) is 7.17. The molecule has 0 saturated carbocycles. The normalized spacial score (nSPS) is 18.5. The lowest BCUT2D eigenvalue weighted by molar-refractivity contribution is 0.187. The quantitative estimate of drug-likeness (QED) is 0.889. The molecule has 7 heteroatoms. The van der Waals surface area contributed by atoms with Crippen LogP contribution in [0.25, 0.3) is 0 Å². The van der Waals surface area contributed by atoms with Crippen molar-refractivity contribution in [2.75, 3.05) is 24.7 Å². The van der Waals surface area contributed by atoms with Gasteiger partial charge in [0.25, 0.3) is 0 Å². The number of nitrogens with one attached hydrogen (secondary N) is 2. The number of amides is 1. The van der Waals surface area contributed by atoms with E-state index in [0.717, 1.165) is 19.4 Å². The van der Waals surface area contributed by atoms with E-state index in [2.05, 4.69) is 15.4 Å². The molecule has 1 fully saturated rings. The van der Waals surface area contributed by atoms with Crippen LogP contribution in [0, 0.1) is 0 Å². The molecule has 2 N–H and O–H groups in total. The maximum absolute atomic E-state index is 12.2. The van der Waals surface area contributed by atoms with Crippen LogP contribution in [0.1, 0.15) is 31.4 Å². The fourth-order valence-corrected chi connectivity index (χ4v) is 3.60. The number of methoxy groups -OCH3 is 1. The van der Waals surface area contributed by atoms with Crippen molar-refractivity contribution in [1.29, 1.82) is 0 Å². The van der Waals surface area contributed by atoms with Gasteiger partial charge in [0.2, 0.25) is 0 Å². The first-order chi connectivity index (χ1) is 9.97. The number of hydrogen-bond donors (Lipinski definition) is 2. The summed E-state index contributed by atoms with van der Waals surface area (Å²) in [5.74, 6) is 0.0521. The van der Waals surface area contributed by atoms with Gasteiger partial charge in [-0.3, -0.25) is 5.32 Å². The Morgan fingerprint density at radius 2 is 2.24 bits per heavy atom. The Balaban J connectivity index is 2.43. The van der Waals surface area contributed by atoms with Gasteiger partial charge >= 0.3 is 6.09 Å². The molecule has 1 aliphatic rings. The maximum Gasteiger partial charge on any atom is 0.411 e. The van der Waals surface area contributed by atoms with Gasteiger partial charge in [0.05, 0.1) is 17.8 Å².